The van der Waals surface area contributed by atoms with E-state index in [1.807, 2.05) is 0 Å². The number of hydrogen-bond acceptors (Lipinski definition) is 2. The van der Waals surface area contributed by atoms with Gasteiger partial charge in [-0.25, -0.2) is 4.79 Å². The first kappa shape index (κ1) is 9.78. The van der Waals surface area contributed by atoms with Gasteiger partial charge in [0.2, 0.25) is 5.39 Å². The number of halogens is 2. The van der Waals surface area contributed by atoms with E-state index in [2.05, 4.69) is 4.98 Å². The lowest BCUT2D eigenvalue weighted by molar-refractivity contribution is 0.0697. The quantitative estimate of drug-likeness (QED) is 0.736. The lowest BCUT2D eigenvalue weighted by atomic mass is 10.2. The third-order valence-corrected chi connectivity index (χ3v) is 2.08. The van der Waals surface area contributed by atoms with Gasteiger partial charge in [-0.1, -0.05) is 23.2 Å². The molecule has 0 unspecified atom stereocenters. The van der Waals surface area contributed by atoms with Gasteiger partial charge in [-0.3, -0.25) is 0 Å². The summed E-state index contributed by atoms with van der Waals surface area (Å²) in [5.41, 5.74) is -0.290. The topological polar surface area (TPSA) is 65.5 Å². The molecule has 1 rings (SSSR count). The molecule has 0 aliphatic rings. The van der Waals surface area contributed by atoms with Crippen LogP contribution in [-0.4, -0.2) is 11.1 Å². The summed E-state index contributed by atoms with van der Waals surface area (Å²) >= 11 is 11.2. The molecule has 6 heteroatoms. The second-order valence-corrected chi connectivity index (χ2v) is 2.95. The van der Waals surface area contributed by atoms with E-state index in [9.17, 15) is 4.79 Å². The first-order chi connectivity index (χ1) is 6.07. The Labute approximate surface area is 83.3 Å². The van der Waals surface area contributed by atoms with Crippen molar-refractivity contribution in [3.05, 3.63) is 32.7 Å². The van der Waals surface area contributed by atoms with E-state index in [0.29, 0.717) is 0 Å². The third-order valence-electron chi connectivity index (χ3n) is 1.40. The summed E-state index contributed by atoms with van der Waals surface area (Å²) in [5.74, 6) is -1.20. The Bertz CT molecular complexity index is 412. The summed E-state index contributed by atoms with van der Waals surface area (Å²) in [4.78, 5) is 13.3. The molecule has 0 fully saturated rings. The zero-order chi connectivity index (χ0) is 10.0. The number of benzene rings is 1. The minimum absolute atomic E-state index is 0.0949. The van der Waals surface area contributed by atoms with Crippen molar-refractivity contribution in [2.75, 3.05) is 0 Å². The van der Waals surface area contributed by atoms with Crippen LogP contribution in [0.2, 0.25) is 10.0 Å². The van der Waals surface area contributed by atoms with Crippen molar-refractivity contribution in [2.45, 2.75) is 0 Å². The lowest BCUT2D eigenvalue weighted by Crippen LogP contribution is -1.96. The molecule has 0 spiro atoms. The molecule has 13 heavy (non-hydrogen) atoms. The number of carbonyl (C=O) groups is 1. The second-order valence-electron chi connectivity index (χ2n) is 2.16. The van der Waals surface area contributed by atoms with E-state index in [-0.39, 0.29) is 21.3 Å². The molecule has 0 amide bonds. The van der Waals surface area contributed by atoms with Gasteiger partial charge in [-0.05, 0) is 12.1 Å². The van der Waals surface area contributed by atoms with Gasteiger partial charge in [0.15, 0.2) is 10.00 Å². The molecule has 1 aromatic carbocycles. The SMILES string of the molecule is N#[N+]c1c(Cl)ccc(C(=O)O)c1Cl. The first-order valence-corrected chi connectivity index (χ1v) is 3.90. The van der Waals surface area contributed by atoms with E-state index < -0.39 is 5.97 Å². The number of aromatic carboxylic acids is 1. The highest BCUT2D eigenvalue weighted by atomic mass is 35.5. The van der Waals surface area contributed by atoms with Crippen molar-refractivity contribution in [3.8, 4) is 0 Å². The molecule has 0 radical (unpaired) electrons. The highest BCUT2D eigenvalue weighted by Crippen LogP contribution is 2.35. The molecule has 0 bridgehead atoms. The first-order valence-electron chi connectivity index (χ1n) is 3.14. The molecule has 0 heterocycles. The number of hydrogen-bond donors (Lipinski definition) is 1. The van der Waals surface area contributed by atoms with E-state index in [1.54, 1.807) is 0 Å². The molecule has 4 nitrogen and oxygen atoms in total. The van der Waals surface area contributed by atoms with E-state index in [4.69, 9.17) is 33.7 Å². The zero-order valence-corrected chi connectivity index (χ0v) is 7.67. The maximum atomic E-state index is 10.6. The Balaban J connectivity index is 3.47. The maximum absolute atomic E-state index is 10.6. The standard InChI is InChI=1S/C7H2Cl2N2O2/c8-4-2-1-3(7(12)13)5(9)6(4)11-10/h1-2H/p+1. The molecule has 1 N–H and O–H groups in total. The molecule has 1 aromatic rings. The van der Waals surface area contributed by atoms with Crippen molar-refractivity contribution < 1.29 is 9.90 Å². The maximum Gasteiger partial charge on any atom is 0.422 e. The fourth-order valence-electron chi connectivity index (χ4n) is 0.798. The van der Waals surface area contributed by atoms with Crippen molar-refractivity contribution in [3.63, 3.8) is 0 Å². The third kappa shape index (κ3) is 1.72. The number of nitrogens with zero attached hydrogens (tertiary/aromatic N) is 2. The minimum atomic E-state index is -1.20. The van der Waals surface area contributed by atoms with Crippen LogP contribution in [0.15, 0.2) is 12.1 Å². The Hall–Kier alpha value is -1.31. The van der Waals surface area contributed by atoms with Gasteiger partial charge < -0.3 is 5.11 Å². The number of carboxylic acid groups (broad SMARTS) is 1. The average molecular weight is 218 g/mol. The van der Waals surface area contributed by atoms with Crippen LogP contribution in [0.5, 0.6) is 0 Å². The van der Waals surface area contributed by atoms with Crippen LogP contribution in [0.1, 0.15) is 10.4 Å². The number of diazo groups is 1. The van der Waals surface area contributed by atoms with Crippen LogP contribution in [0, 0.1) is 5.39 Å². The smallest absolute Gasteiger partial charge is 0.422 e. The monoisotopic (exact) mass is 217 g/mol. The van der Waals surface area contributed by atoms with Crippen LogP contribution in [0.25, 0.3) is 4.98 Å². The molecule has 0 saturated heterocycles. The summed E-state index contributed by atoms with van der Waals surface area (Å²) < 4.78 is 0. The van der Waals surface area contributed by atoms with Gasteiger partial charge in [-0.15, -0.1) is 0 Å². The highest BCUT2D eigenvalue weighted by molar-refractivity contribution is 6.41. The summed E-state index contributed by atoms with van der Waals surface area (Å²) in [6.45, 7) is 0. The number of rotatable bonds is 1. The minimum Gasteiger partial charge on any atom is -0.478 e. The molecular formula is C7H3Cl2N2O2+. The number of carboxylic acids is 1. The van der Waals surface area contributed by atoms with Gasteiger partial charge in [0.1, 0.15) is 5.02 Å². The van der Waals surface area contributed by atoms with E-state index >= 15 is 0 Å². The largest absolute Gasteiger partial charge is 0.478 e. The van der Waals surface area contributed by atoms with E-state index in [0.717, 1.165) is 0 Å². The van der Waals surface area contributed by atoms with Crippen LogP contribution in [0.3, 0.4) is 0 Å². The molecule has 0 aliphatic heterocycles. The predicted octanol–water partition coefficient (Wildman–Crippen LogP) is 3.18. The Morgan fingerprint density at radius 2 is 2.08 bits per heavy atom. The summed E-state index contributed by atoms with van der Waals surface area (Å²) in [6, 6.07) is 2.54. The van der Waals surface area contributed by atoms with Crippen molar-refractivity contribution in [1.82, 2.24) is 0 Å². The molecule has 0 aliphatic carbocycles. The van der Waals surface area contributed by atoms with Gasteiger partial charge >= 0.3 is 11.7 Å². The Morgan fingerprint density at radius 1 is 1.46 bits per heavy atom. The molecule has 0 aromatic heterocycles. The summed E-state index contributed by atoms with van der Waals surface area (Å²) in [5, 5.41) is 17.0. The van der Waals surface area contributed by atoms with Crippen LogP contribution in [0.4, 0.5) is 5.69 Å². The Morgan fingerprint density at radius 3 is 2.54 bits per heavy atom. The lowest BCUT2D eigenvalue weighted by Gasteiger charge is -1.94. The molecular weight excluding hydrogens is 215 g/mol. The molecule has 0 atom stereocenters. The van der Waals surface area contributed by atoms with Crippen LogP contribution >= 0.6 is 23.2 Å². The van der Waals surface area contributed by atoms with Crippen LogP contribution < -0.4 is 0 Å². The molecule has 0 saturated carbocycles. The van der Waals surface area contributed by atoms with Crippen molar-refractivity contribution in [1.29, 1.82) is 5.39 Å². The Kier molecular flexibility index (Phi) is 2.71. The predicted molar refractivity (Wildman–Crippen MR) is 48.2 cm³/mol. The average Bonchev–Trinajstić information content (AvgIpc) is 2.04. The second kappa shape index (κ2) is 3.60. The van der Waals surface area contributed by atoms with Crippen molar-refractivity contribution >= 4 is 34.9 Å². The van der Waals surface area contributed by atoms with E-state index in [1.165, 1.54) is 12.1 Å². The van der Waals surface area contributed by atoms with Gasteiger partial charge in [0.25, 0.3) is 0 Å². The fourth-order valence-corrected chi connectivity index (χ4v) is 1.32. The fraction of sp³-hybridized carbons (Fsp3) is 0. The zero-order valence-electron chi connectivity index (χ0n) is 6.16. The van der Waals surface area contributed by atoms with Gasteiger partial charge in [0, 0.05) is 0 Å². The van der Waals surface area contributed by atoms with Gasteiger partial charge in [-0.2, -0.15) is 0 Å². The van der Waals surface area contributed by atoms with Crippen LogP contribution in [-0.2, 0) is 0 Å². The molecule has 66 valence electrons. The normalized spacial score (nSPS) is 9.31. The summed E-state index contributed by atoms with van der Waals surface area (Å²) in [6.07, 6.45) is 0. The van der Waals surface area contributed by atoms with Gasteiger partial charge in [0.05, 0.1) is 5.56 Å². The highest BCUT2D eigenvalue weighted by Gasteiger charge is 2.24. The van der Waals surface area contributed by atoms with Crippen molar-refractivity contribution in [2.24, 2.45) is 0 Å². The summed E-state index contributed by atoms with van der Waals surface area (Å²) in [7, 11) is 0.